The Hall–Kier alpha value is -3.94. The molecule has 7 nitrogen and oxygen atoms in total. The molecule has 0 fully saturated rings. The second-order valence-corrected chi connectivity index (χ2v) is 11.3. The van der Waals surface area contributed by atoms with Gasteiger partial charge in [-0.1, -0.05) is 24.6 Å². The zero-order valence-corrected chi connectivity index (χ0v) is 22.7. The number of sulfonamides is 1. The Morgan fingerprint density at radius 2 is 1.70 bits per heavy atom. The number of nitrogens with zero attached hydrogens (tertiary/aromatic N) is 4. The van der Waals surface area contributed by atoms with Crippen molar-refractivity contribution in [2.75, 3.05) is 4.72 Å². The number of rotatable bonds is 7. The number of halogens is 5. The summed E-state index contributed by atoms with van der Waals surface area (Å²) in [6.07, 6.45) is 3.08. The summed E-state index contributed by atoms with van der Waals surface area (Å²) in [4.78, 5) is 16.3. The lowest BCUT2D eigenvalue weighted by Crippen LogP contribution is -2.17. The molecule has 3 aromatic heterocycles. The second-order valence-electron chi connectivity index (χ2n) is 8.24. The topological polar surface area (TPSA) is 97.7 Å². The molecule has 0 atom stereocenters. The van der Waals surface area contributed by atoms with E-state index in [9.17, 15) is 21.6 Å². The fourth-order valence-corrected chi connectivity index (χ4v) is 6.16. The minimum Gasteiger partial charge on any atom is -0.276 e. The first kappa shape index (κ1) is 27.6. The predicted octanol–water partition coefficient (Wildman–Crippen LogP) is 6.90. The van der Waals surface area contributed by atoms with Crippen LogP contribution in [0.2, 0.25) is 5.02 Å². The quantitative estimate of drug-likeness (QED) is 0.203. The fourth-order valence-electron chi connectivity index (χ4n) is 3.76. The van der Waals surface area contributed by atoms with Crippen molar-refractivity contribution < 1.29 is 26.0 Å². The molecule has 1 N–H and O–H groups in total. The number of benzene rings is 2. The van der Waals surface area contributed by atoms with Crippen LogP contribution >= 0.6 is 22.9 Å². The van der Waals surface area contributed by atoms with Crippen LogP contribution in [0.1, 0.15) is 12.7 Å². The number of hydrogen-bond donors (Lipinski definition) is 1. The number of anilines is 1. The second kappa shape index (κ2) is 10.9. The van der Waals surface area contributed by atoms with Crippen LogP contribution in [0.4, 0.5) is 23.2 Å². The molecule has 0 bridgehead atoms. The molecule has 40 heavy (non-hydrogen) atoms. The van der Waals surface area contributed by atoms with Crippen LogP contribution < -0.4 is 4.72 Å². The molecule has 0 amide bonds. The molecule has 0 saturated heterocycles. The minimum absolute atomic E-state index is 0.0919. The van der Waals surface area contributed by atoms with Gasteiger partial charge in [0.05, 0.1) is 33.8 Å². The van der Waals surface area contributed by atoms with E-state index in [1.54, 1.807) is 6.07 Å². The zero-order chi connectivity index (χ0) is 28.6. The van der Waals surface area contributed by atoms with Gasteiger partial charge >= 0.3 is 0 Å². The van der Waals surface area contributed by atoms with E-state index in [2.05, 4.69) is 19.9 Å². The number of aryl methyl sites for hydroxylation is 1. The van der Waals surface area contributed by atoms with Crippen molar-refractivity contribution in [1.29, 1.82) is 0 Å². The van der Waals surface area contributed by atoms with Crippen molar-refractivity contribution in [2.24, 2.45) is 0 Å². The monoisotopic (exact) mass is 605 g/mol. The molecule has 204 valence electrons. The summed E-state index contributed by atoms with van der Waals surface area (Å²) in [7, 11) is -4.91. The number of pyridine rings is 1. The molecule has 0 spiro atoms. The van der Waals surface area contributed by atoms with Gasteiger partial charge in [0.1, 0.15) is 28.3 Å². The van der Waals surface area contributed by atoms with E-state index in [0.29, 0.717) is 45.7 Å². The Labute approximate surface area is 234 Å². The predicted molar refractivity (Wildman–Crippen MR) is 143 cm³/mol. The normalized spacial score (nSPS) is 11.6. The highest BCUT2D eigenvalue weighted by Crippen LogP contribution is 2.41. The van der Waals surface area contributed by atoms with E-state index in [0.717, 1.165) is 23.6 Å². The first-order valence-corrected chi connectivity index (χ1v) is 14.2. The third-order valence-electron chi connectivity index (χ3n) is 5.56. The van der Waals surface area contributed by atoms with E-state index in [1.165, 1.54) is 30.5 Å². The van der Waals surface area contributed by atoms with Crippen LogP contribution in [0.15, 0.2) is 65.8 Å². The number of thiazole rings is 1. The molecule has 5 aromatic rings. The maximum absolute atomic E-state index is 15.9. The van der Waals surface area contributed by atoms with E-state index >= 15 is 4.39 Å². The van der Waals surface area contributed by atoms with E-state index in [1.807, 2.05) is 11.6 Å². The maximum atomic E-state index is 15.9. The van der Waals surface area contributed by atoms with Crippen LogP contribution in [-0.4, -0.2) is 28.4 Å². The molecule has 0 aliphatic rings. The Kier molecular flexibility index (Phi) is 7.53. The summed E-state index contributed by atoms with van der Waals surface area (Å²) < 4.78 is 85.7. The molecule has 0 aliphatic carbocycles. The van der Waals surface area contributed by atoms with Crippen molar-refractivity contribution in [3.8, 4) is 32.5 Å². The molecule has 0 radical (unpaired) electrons. The largest absolute Gasteiger partial charge is 0.276 e. The Morgan fingerprint density at radius 3 is 2.38 bits per heavy atom. The standard InChI is InChI=1S/C26H16ClF4N5O2S2/c1-2-21-32-9-8-19(34-21)24-23(35-26(39-24)20-7-6-14(28)12-33-20)15-4-3-5-18(22(15)31)36-40(37,38)25-16(29)10-13(27)11-17(25)30/h3-12,36H,2H2,1H3. The SMILES string of the molecule is CCc1nccc(-c2sc(-c3ccc(F)cn3)nc2-c2cccc(NS(=O)(=O)c3c(F)cc(Cl)cc3F)c2F)n1. The Bertz CT molecular complexity index is 1830. The van der Waals surface area contributed by atoms with Gasteiger partial charge in [-0.05, 0) is 42.5 Å². The average Bonchev–Trinajstić information content (AvgIpc) is 3.34. The van der Waals surface area contributed by atoms with Gasteiger partial charge in [-0.15, -0.1) is 11.3 Å². The highest BCUT2D eigenvalue weighted by molar-refractivity contribution is 7.92. The van der Waals surface area contributed by atoms with Crippen LogP contribution in [0.3, 0.4) is 0 Å². The summed E-state index contributed by atoms with van der Waals surface area (Å²) in [5.74, 6) is -3.97. The first-order valence-electron chi connectivity index (χ1n) is 11.5. The number of nitrogens with one attached hydrogen (secondary N) is 1. The lowest BCUT2D eigenvalue weighted by atomic mass is 10.1. The van der Waals surface area contributed by atoms with Crippen molar-refractivity contribution in [3.63, 3.8) is 0 Å². The van der Waals surface area contributed by atoms with Gasteiger partial charge in [0.15, 0.2) is 10.7 Å². The Morgan fingerprint density at radius 1 is 0.950 bits per heavy atom. The van der Waals surface area contributed by atoms with Gasteiger partial charge in [0, 0.05) is 23.2 Å². The van der Waals surface area contributed by atoms with E-state index < -0.39 is 43.9 Å². The average molecular weight is 606 g/mol. The number of aromatic nitrogens is 4. The molecular formula is C26H16ClF4N5O2S2. The van der Waals surface area contributed by atoms with Crippen LogP contribution in [-0.2, 0) is 16.4 Å². The van der Waals surface area contributed by atoms with Gasteiger partial charge in [0.2, 0.25) is 0 Å². The highest BCUT2D eigenvalue weighted by Gasteiger charge is 2.28. The van der Waals surface area contributed by atoms with Gasteiger partial charge in [-0.2, -0.15) is 0 Å². The summed E-state index contributed by atoms with van der Waals surface area (Å²) in [6.45, 7) is 1.86. The lowest BCUT2D eigenvalue weighted by molar-refractivity contribution is 0.521. The molecular weight excluding hydrogens is 590 g/mol. The molecule has 3 heterocycles. The van der Waals surface area contributed by atoms with E-state index in [-0.39, 0.29) is 16.3 Å². The first-order chi connectivity index (χ1) is 19.1. The third-order valence-corrected chi connectivity index (χ3v) is 8.29. The summed E-state index contributed by atoms with van der Waals surface area (Å²) >= 11 is 6.70. The smallest absolute Gasteiger partial charge is 0.267 e. The van der Waals surface area contributed by atoms with Crippen LogP contribution in [0.5, 0.6) is 0 Å². The lowest BCUT2D eigenvalue weighted by Gasteiger charge is -2.13. The maximum Gasteiger partial charge on any atom is 0.267 e. The molecule has 14 heteroatoms. The fraction of sp³-hybridized carbons (Fsp3) is 0.0769. The highest BCUT2D eigenvalue weighted by atomic mass is 35.5. The summed E-state index contributed by atoms with van der Waals surface area (Å²) in [5, 5.41) is -0.0297. The van der Waals surface area contributed by atoms with Crippen LogP contribution in [0.25, 0.3) is 32.5 Å². The molecule has 2 aromatic carbocycles. The molecule has 0 saturated carbocycles. The van der Waals surface area contributed by atoms with Crippen molar-refractivity contribution in [3.05, 3.63) is 95.0 Å². The molecule has 0 aliphatic heterocycles. The zero-order valence-electron chi connectivity index (χ0n) is 20.3. The van der Waals surface area contributed by atoms with Crippen LogP contribution in [0, 0.1) is 23.3 Å². The van der Waals surface area contributed by atoms with Gasteiger partial charge in [0.25, 0.3) is 10.0 Å². The minimum atomic E-state index is -4.91. The van der Waals surface area contributed by atoms with Crippen molar-refractivity contribution in [2.45, 2.75) is 18.2 Å². The van der Waals surface area contributed by atoms with Gasteiger partial charge < -0.3 is 0 Å². The van der Waals surface area contributed by atoms with E-state index in [4.69, 9.17) is 11.6 Å². The van der Waals surface area contributed by atoms with Crippen molar-refractivity contribution in [1.82, 2.24) is 19.9 Å². The molecule has 5 rings (SSSR count). The third kappa shape index (κ3) is 5.40. The van der Waals surface area contributed by atoms with Gasteiger partial charge in [-0.3, -0.25) is 9.71 Å². The van der Waals surface area contributed by atoms with Crippen molar-refractivity contribution >= 4 is 38.6 Å². The summed E-state index contributed by atoms with van der Waals surface area (Å²) in [6, 6.07) is 9.28. The number of hydrogen-bond acceptors (Lipinski definition) is 7. The Balaban J connectivity index is 1.64. The summed E-state index contributed by atoms with van der Waals surface area (Å²) in [5.41, 5.74) is 0.115. The van der Waals surface area contributed by atoms with Gasteiger partial charge in [-0.25, -0.2) is 40.9 Å². The molecule has 0 unspecified atom stereocenters.